The largest absolute Gasteiger partial charge is 0.497 e. The molecule has 31 heavy (non-hydrogen) atoms. The monoisotopic (exact) mass is 418 g/mol. The zero-order chi connectivity index (χ0) is 21.6. The first-order chi connectivity index (χ1) is 15.1. The molecule has 1 atom stereocenters. The van der Waals surface area contributed by atoms with Crippen molar-refractivity contribution in [2.45, 2.75) is 19.6 Å². The summed E-state index contributed by atoms with van der Waals surface area (Å²) in [6.45, 7) is 2.12. The fourth-order valence-corrected chi connectivity index (χ4v) is 2.94. The summed E-state index contributed by atoms with van der Waals surface area (Å²) in [7, 11) is 1.62. The van der Waals surface area contributed by atoms with Crippen LogP contribution >= 0.6 is 0 Å². The van der Waals surface area contributed by atoms with Gasteiger partial charge in [0.1, 0.15) is 11.5 Å². The number of carbonyl (C=O) groups excluding carboxylic acids is 1. The van der Waals surface area contributed by atoms with Gasteiger partial charge >= 0.3 is 0 Å². The average Bonchev–Trinajstić information content (AvgIpc) is 3.48. The summed E-state index contributed by atoms with van der Waals surface area (Å²) in [5.74, 6) is 2.09. The van der Waals surface area contributed by atoms with Gasteiger partial charge in [0, 0.05) is 6.54 Å². The minimum atomic E-state index is -0.768. The molecule has 0 aliphatic rings. The molecule has 0 saturated carbocycles. The zero-order valence-corrected chi connectivity index (χ0v) is 17.2. The van der Waals surface area contributed by atoms with Crippen LogP contribution < -0.4 is 14.8 Å². The molecule has 158 valence electrons. The van der Waals surface area contributed by atoms with E-state index in [2.05, 4.69) is 15.4 Å². The van der Waals surface area contributed by atoms with Crippen LogP contribution in [0, 0.1) is 0 Å². The summed E-state index contributed by atoms with van der Waals surface area (Å²) in [5, 5.41) is 7.53. The van der Waals surface area contributed by atoms with Crippen molar-refractivity contribution in [1.29, 1.82) is 0 Å². The number of ether oxygens (including phenoxy) is 2. The van der Waals surface area contributed by atoms with E-state index < -0.39 is 6.10 Å². The molecule has 1 unspecified atom stereocenters. The van der Waals surface area contributed by atoms with Crippen LogP contribution in [0.3, 0.4) is 0 Å². The summed E-state index contributed by atoms with van der Waals surface area (Å²) in [6, 6.07) is 20.3. The number of rotatable bonds is 8. The Bertz CT molecular complexity index is 1120. The van der Waals surface area contributed by atoms with Crippen LogP contribution in [0.2, 0.25) is 0 Å². The molecule has 0 fully saturated rings. The third-order valence-corrected chi connectivity index (χ3v) is 4.57. The molecule has 4 aromatic rings. The molecule has 8 nitrogen and oxygen atoms in total. The predicted octanol–water partition coefficient (Wildman–Crippen LogP) is 4.27. The number of hydrogen-bond acceptors (Lipinski definition) is 7. The number of benzene rings is 2. The van der Waals surface area contributed by atoms with Crippen molar-refractivity contribution in [3.8, 4) is 23.1 Å². The second-order valence-electron chi connectivity index (χ2n) is 6.76. The maximum absolute atomic E-state index is 13.1. The number of anilines is 1. The Labute approximate surface area is 179 Å². The third-order valence-electron chi connectivity index (χ3n) is 4.57. The molecule has 0 aliphatic heterocycles. The van der Waals surface area contributed by atoms with Gasteiger partial charge in [-0.25, -0.2) is 0 Å². The Morgan fingerprint density at radius 1 is 1.06 bits per heavy atom. The summed E-state index contributed by atoms with van der Waals surface area (Å²) in [4.78, 5) is 17.6. The number of aromatic nitrogens is 3. The molecule has 4 rings (SSSR count). The first-order valence-corrected chi connectivity index (χ1v) is 9.77. The number of furan rings is 1. The van der Waals surface area contributed by atoms with E-state index in [1.165, 1.54) is 10.9 Å². The number of hydrogen-bond donors (Lipinski definition) is 1. The van der Waals surface area contributed by atoms with Gasteiger partial charge in [0.15, 0.2) is 11.9 Å². The topological polar surface area (TPSA) is 91.4 Å². The highest BCUT2D eigenvalue weighted by molar-refractivity contribution is 5.85. The average molecular weight is 418 g/mol. The van der Waals surface area contributed by atoms with Gasteiger partial charge in [-0.15, -0.1) is 5.10 Å². The van der Waals surface area contributed by atoms with Gasteiger partial charge in [0.25, 0.3) is 5.91 Å². The lowest BCUT2D eigenvalue weighted by atomic mass is 10.2. The molecule has 0 spiro atoms. The first-order valence-electron chi connectivity index (χ1n) is 9.77. The number of methoxy groups -OCH3 is 1. The van der Waals surface area contributed by atoms with Gasteiger partial charge in [-0.1, -0.05) is 30.3 Å². The van der Waals surface area contributed by atoms with Crippen molar-refractivity contribution >= 4 is 11.9 Å². The lowest BCUT2D eigenvalue weighted by molar-refractivity contribution is 0.0713. The lowest BCUT2D eigenvalue weighted by Gasteiger charge is -2.14. The number of nitrogens with one attached hydrogen (secondary N) is 1. The highest BCUT2D eigenvalue weighted by Gasteiger charge is 2.24. The standard InChI is InChI=1S/C23H22N4O4/c1-16(31-19-7-4-3-5-8-19)22(28)27-23(25-21(26-27)20-9-6-14-30-20)24-15-17-10-12-18(29-2)13-11-17/h3-14,16H,15H2,1-2H3,(H,24,25,26). The van der Waals surface area contributed by atoms with Crippen molar-refractivity contribution in [2.24, 2.45) is 0 Å². The normalized spacial score (nSPS) is 11.7. The van der Waals surface area contributed by atoms with Gasteiger partial charge < -0.3 is 19.2 Å². The van der Waals surface area contributed by atoms with E-state index in [0.717, 1.165) is 11.3 Å². The maximum Gasteiger partial charge on any atom is 0.290 e. The van der Waals surface area contributed by atoms with Crippen molar-refractivity contribution < 1.29 is 18.7 Å². The van der Waals surface area contributed by atoms with Gasteiger partial charge in [0.05, 0.1) is 13.4 Å². The minimum absolute atomic E-state index is 0.302. The number of carbonyl (C=O) groups is 1. The number of para-hydroxylation sites is 1. The van der Waals surface area contributed by atoms with Gasteiger partial charge in [-0.05, 0) is 48.9 Å². The molecule has 8 heteroatoms. The summed E-state index contributed by atoms with van der Waals surface area (Å²) in [5.41, 5.74) is 0.996. The van der Waals surface area contributed by atoms with Crippen molar-refractivity contribution in [1.82, 2.24) is 14.8 Å². The molecule has 0 bridgehead atoms. The van der Waals surface area contributed by atoms with E-state index in [1.807, 2.05) is 42.5 Å². The van der Waals surface area contributed by atoms with Crippen molar-refractivity contribution in [3.63, 3.8) is 0 Å². The molecular formula is C23H22N4O4. The molecule has 1 N–H and O–H groups in total. The molecule has 0 radical (unpaired) electrons. The summed E-state index contributed by atoms with van der Waals surface area (Å²) in [6.07, 6.45) is 0.763. The van der Waals surface area contributed by atoms with E-state index in [4.69, 9.17) is 13.9 Å². The molecule has 2 aromatic heterocycles. The van der Waals surface area contributed by atoms with Gasteiger partial charge in [-0.3, -0.25) is 4.79 Å². The van der Waals surface area contributed by atoms with Crippen LogP contribution in [-0.2, 0) is 6.54 Å². The molecular weight excluding hydrogens is 396 g/mol. The second kappa shape index (κ2) is 9.17. The Morgan fingerprint density at radius 3 is 2.52 bits per heavy atom. The van der Waals surface area contributed by atoms with Crippen LogP contribution in [-0.4, -0.2) is 33.9 Å². The Hall–Kier alpha value is -4.07. The van der Waals surface area contributed by atoms with E-state index in [9.17, 15) is 4.79 Å². The Morgan fingerprint density at radius 2 is 1.84 bits per heavy atom. The Kier molecular flexibility index (Phi) is 5.98. The van der Waals surface area contributed by atoms with Gasteiger partial charge in [-0.2, -0.15) is 9.67 Å². The smallest absolute Gasteiger partial charge is 0.290 e. The van der Waals surface area contributed by atoms with Crippen molar-refractivity contribution in [2.75, 3.05) is 12.4 Å². The molecule has 0 saturated heterocycles. The van der Waals surface area contributed by atoms with E-state index >= 15 is 0 Å². The van der Waals surface area contributed by atoms with Crippen LogP contribution in [0.5, 0.6) is 11.5 Å². The molecule has 0 amide bonds. The maximum atomic E-state index is 13.1. The van der Waals surface area contributed by atoms with Crippen LogP contribution in [0.4, 0.5) is 5.95 Å². The lowest BCUT2D eigenvalue weighted by Crippen LogP contribution is -2.31. The predicted molar refractivity (Wildman–Crippen MR) is 115 cm³/mol. The summed E-state index contributed by atoms with van der Waals surface area (Å²) >= 11 is 0. The fourth-order valence-electron chi connectivity index (χ4n) is 2.94. The van der Waals surface area contributed by atoms with Crippen LogP contribution in [0.25, 0.3) is 11.6 Å². The third kappa shape index (κ3) is 4.75. The van der Waals surface area contributed by atoms with Crippen molar-refractivity contribution in [3.05, 3.63) is 78.6 Å². The van der Waals surface area contributed by atoms with E-state index in [0.29, 0.717) is 29.8 Å². The molecule has 2 aromatic carbocycles. The van der Waals surface area contributed by atoms with E-state index in [1.54, 1.807) is 38.3 Å². The number of nitrogens with zero attached hydrogens (tertiary/aromatic N) is 3. The highest BCUT2D eigenvalue weighted by atomic mass is 16.5. The second-order valence-corrected chi connectivity index (χ2v) is 6.76. The SMILES string of the molecule is COc1ccc(CNc2nc(-c3ccco3)nn2C(=O)C(C)Oc2ccccc2)cc1. The minimum Gasteiger partial charge on any atom is -0.497 e. The Balaban J connectivity index is 1.56. The fraction of sp³-hybridized carbons (Fsp3) is 0.174. The van der Waals surface area contributed by atoms with Gasteiger partial charge in [0.2, 0.25) is 11.8 Å². The van der Waals surface area contributed by atoms with Crippen LogP contribution in [0.15, 0.2) is 77.4 Å². The summed E-state index contributed by atoms with van der Waals surface area (Å²) < 4.78 is 17.6. The molecule has 2 heterocycles. The zero-order valence-electron chi connectivity index (χ0n) is 17.2. The highest BCUT2D eigenvalue weighted by Crippen LogP contribution is 2.20. The quantitative estimate of drug-likeness (QED) is 0.457. The first kappa shape index (κ1) is 20.2. The molecule has 0 aliphatic carbocycles. The van der Waals surface area contributed by atoms with E-state index in [-0.39, 0.29) is 5.91 Å². The van der Waals surface area contributed by atoms with Crippen LogP contribution in [0.1, 0.15) is 17.3 Å².